The van der Waals surface area contributed by atoms with Gasteiger partial charge in [-0.15, -0.1) is 0 Å². The number of aryl methyl sites for hydroxylation is 1. The van der Waals surface area contributed by atoms with Crippen molar-refractivity contribution in [2.24, 2.45) is 0 Å². The predicted molar refractivity (Wildman–Crippen MR) is 96.2 cm³/mol. The maximum atomic E-state index is 11.5. The van der Waals surface area contributed by atoms with E-state index in [0.29, 0.717) is 17.6 Å². The molecule has 0 bridgehead atoms. The van der Waals surface area contributed by atoms with Gasteiger partial charge in [0.25, 0.3) is 0 Å². The molecule has 0 radical (unpaired) electrons. The number of nitrogens with zero attached hydrogens (tertiary/aromatic N) is 2. The lowest BCUT2D eigenvalue weighted by Crippen LogP contribution is -2.09. The van der Waals surface area contributed by atoms with E-state index < -0.39 is 5.97 Å². The zero-order valence-electron chi connectivity index (χ0n) is 14.1. The highest BCUT2D eigenvalue weighted by molar-refractivity contribution is 6.04. The van der Waals surface area contributed by atoms with Crippen molar-refractivity contribution >= 4 is 23.0 Å². The summed E-state index contributed by atoms with van der Waals surface area (Å²) in [6.45, 7) is 2.61. The number of carboxylic acid groups (broad SMARTS) is 1. The van der Waals surface area contributed by atoms with Crippen molar-refractivity contribution in [2.75, 3.05) is 0 Å². The van der Waals surface area contributed by atoms with Gasteiger partial charge in [0, 0.05) is 6.42 Å². The van der Waals surface area contributed by atoms with Crippen molar-refractivity contribution in [2.45, 2.75) is 32.7 Å². The molecule has 5 nitrogen and oxygen atoms in total. The van der Waals surface area contributed by atoms with Crippen LogP contribution in [-0.2, 0) is 13.0 Å². The van der Waals surface area contributed by atoms with E-state index in [-0.39, 0.29) is 5.56 Å². The van der Waals surface area contributed by atoms with Crippen LogP contribution in [0.3, 0.4) is 0 Å². The number of hydrogen-bond donors (Lipinski definition) is 1. The second kappa shape index (κ2) is 7.30. The number of aromatic carboxylic acids is 1. The molecule has 0 aliphatic carbocycles. The fourth-order valence-corrected chi connectivity index (χ4v) is 3.11. The highest BCUT2D eigenvalue weighted by Crippen LogP contribution is 2.24. The first-order chi connectivity index (χ1) is 12.2. The molecule has 25 heavy (non-hydrogen) atoms. The summed E-state index contributed by atoms with van der Waals surface area (Å²) >= 11 is 0. The summed E-state index contributed by atoms with van der Waals surface area (Å²) < 4.78 is 1.92. The fourth-order valence-electron chi connectivity index (χ4n) is 3.11. The maximum absolute atomic E-state index is 11.5. The average molecular weight is 336 g/mol. The number of hydrogen-bond acceptors (Lipinski definition) is 3. The van der Waals surface area contributed by atoms with Gasteiger partial charge in [0.2, 0.25) is 0 Å². The Balaban J connectivity index is 2.07. The summed E-state index contributed by atoms with van der Waals surface area (Å²) in [5, 5.41) is 11.0. The second-order valence-electron chi connectivity index (χ2n) is 6.03. The molecule has 0 aliphatic heterocycles. The van der Waals surface area contributed by atoms with Crippen LogP contribution in [0.2, 0.25) is 0 Å². The van der Waals surface area contributed by atoms with Crippen LogP contribution in [0.15, 0.2) is 42.6 Å². The first-order valence-corrected chi connectivity index (χ1v) is 8.39. The number of aromatic nitrogens is 2. The van der Waals surface area contributed by atoms with Crippen LogP contribution < -0.4 is 0 Å². The Morgan fingerprint density at radius 1 is 1.20 bits per heavy atom. The lowest BCUT2D eigenvalue weighted by Gasteiger charge is -2.13. The number of carbonyl (C=O) groups is 2. The summed E-state index contributed by atoms with van der Waals surface area (Å²) in [6.07, 6.45) is 5.30. The first kappa shape index (κ1) is 16.9. The smallest absolute Gasteiger partial charge is 0.336 e. The van der Waals surface area contributed by atoms with Gasteiger partial charge in [0.15, 0.2) is 6.29 Å². The Kier molecular flexibility index (Phi) is 4.93. The molecule has 128 valence electrons. The van der Waals surface area contributed by atoms with Crippen molar-refractivity contribution in [1.29, 1.82) is 0 Å². The second-order valence-corrected chi connectivity index (χ2v) is 6.03. The van der Waals surface area contributed by atoms with Gasteiger partial charge in [-0.2, -0.15) is 0 Å². The van der Waals surface area contributed by atoms with Crippen molar-refractivity contribution in [3.63, 3.8) is 0 Å². The third-order valence-corrected chi connectivity index (χ3v) is 4.42. The number of aldehydes is 1. The molecule has 1 N–H and O–H groups in total. The highest BCUT2D eigenvalue weighted by atomic mass is 16.4. The van der Waals surface area contributed by atoms with Gasteiger partial charge >= 0.3 is 5.97 Å². The van der Waals surface area contributed by atoms with E-state index in [0.717, 1.165) is 42.3 Å². The molecule has 0 atom stereocenters. The van der Waals surface area contributed by atoms with Gasteiger partial charge in [0.05, 0.1) is 18.3 Å². The minimum absolute atomic E-state index is 0.284. The molecular formula is C20H20N2O3. The molecule has 2 aromatic carbocycles. The number of unbranched alkanes of at least 4 members (excludes halogenated alkanes) is 1. The normalized spacial score (nSPS) is 10.9. The number of benzene rings is 2. The highest BCUT2D eigenvalue weighted by Gasteiger charge is 2.13. The van der Waals surface area contributed by atoms with Gasteiger partial charge in [0.1, 0.15) is 11.5 Å². The molecular weight excluding hydrogens is 316 g/mol. The standard InChI is InChI=1S/C20H20N2O3/c1-2-3-10-19-21-11-15(13-23)22(19)12-14-6-4-8-17-16(14)7-5-9-18(17)20(24)25/h4-9,11,13H,2-3,10,12H2,1H3,(H,24,25). The monoisotopic (exact) mass is 336 g/mol. The molecule has 0 saturated heterocycles. The summed E-state index contributed by atoms with van der Waals surface area (Å²) in [5.41, 5.74) is 1.80. The van der Waals surface area contributed by atoms with E-state index in [9.17, 15) is 14.7 Å². The Bertz CT molecular complexity index is 928. The van der Waals surface area contributed by atoms with Crippen molar-refractivity contribution in [3.05, 3.63) is 65.2 Å². The van der Waals surface area contributed by atoms with Gasteiger partial charge in [-0.3, -0.25) is 4.79 Å². The van der Waals surface area contributed by atoms with Gasteiger partial charge in [-0.25, -0.2) is 9.78 Å². The van der Waals surface area contributed by atoms with E-state index >= 15 is 0 Å². The van der Waals surface area contributed by atoms with Crippen LogP contribution in [-0.4, -0.2) is 26.9 Å². The Hall–Kier alpha value is -2.95. The molecule has 3 rings (SSSR count). The molecule has 1 aromatic heterocycles. The minimum atomic E-state index is -0.942. The third-order valence-electron chi connectivity index (χ3n) is 4.42. The topological polar surface area (TPSA) is 72.2 Å². The van der Waals surface area contributed by atoms with E-state index in [1.807, 2.05) is 28.8 Å². The molecule has 0 aliphatic rings. The predicted octanol–water partition coefficient (Wildman–Crippen LogP) is 3.94. The van der Waals surface area contributed by atoms with Crippen molar-refractivity contribution in [3.8, 4) is 0 Å². The van der Waals surface area contributed by atoms with Crippen LogP contribution in [0.5, 0.6) is 0 Å². The number of imidazole rings is 1. The van der Waals surface area contributed by atoms with Crippen LogP contribution >= 0.6 is 0 Å². The van der Waals surface area contributed by atoms with Crippen LogP contribution in [0.25, 0.3) is 10.8 Å². The summed E-state index contributed by atoms with van der Waals surface area (Å²) in [4.78, 5) is 27.2. The van der Waals surface area contributed by atoms with E-state index in [4.69, 9.17) is 0 Å². The number of carboxylic acids is 1. The van der Waals surface area contributed by atoms with E-state index in [1.54, 1.807) is 18.3 Å². The number of carbonyl (C=O) groups excluding carboxylic acids is 1. The Morgan fingerprint density at radius 2 is 1.96 bits per heavy atom. The summed E-state index contributed by atoms with van der Waals surface area (Å²) in [5.74, 6) is -0.0575. The molecule has 0 amide bonds. The molecule has 1 heterocycles. The first-order valence-electron chi connectivity index (χ1n) is 8.39. The van der Waals surface area contributed by atoms with Gasteiger partial charge < -0.3 is 9.67 Å². The third kappa shape index (κ3) is 3.31. The van der Waals surface area contributed by atoms with Crippen LogP contribution in [0, 0.1) is 0 Å². The minimum Gasteiger partial charge on any atom is -0.478 e. The maximum Gasteiger partial charge on any atom is 0.336 e. The van der Waals surface area contributed by atoms with Gasteiger partial charge in [-0.1, -0.05) is 43.7 Å². The van der Waals surface area contributed by atoms with Crippen LogP contribution in [0.1, 0.15) is 52.0 Å². The Labute approximate surface area is 145 Å². The van der Waals surface area contributed by atoms with Crippen LogP contribution in [0.4, 0.5) is 0 Å². The van der Waals surface area contributed by atoms with Crippen molar-refractivity contribution in [1.82, 2.24) is 9.55 Å². The molecule has 0 spiro atoms. The lowest BCUT2D eigenvalue weighted by atomic mass is 10.00. The van der Waals surface area contributed by atoms with Gasteiger partial charge in [-0.05, 0) is 28.8 Å². The quantitative estimate of drug-likeness (QED) is 0.663. The molecule has 0 fully saturated rings. The number of rotatable bonds is 7. The number of fused-ring (bicyclic) bond motifs is 1. The molecule has 0 unspecified atom stereocenters. The largest absolute Gasteiger partial charge is 0.478 e. The summed E-state index contributed by atoms with van der Waals surface area (Å²) in [7, 11) is 0. The lowest BCUT2D eigenvalue weighted by molar-refractivity contribution is 0.0699. The SMILES string of the molecule is CCCCc1ncc(C=O)n1Cc1cccc2c(C(=O)O)cccc12. The fraction of sp³-hybridized carbons (Fsp3) is 0.250. The zero-order chi connectivity index (χ0) is 17.8. The van der Waals surface area contributed by atoms with E-state index in [1.165, 1.54) is 0 Å². The van der Waals surface area contributed by atoms with E-state index in [2.05, 4.69) is 11.9 Å². The summed E-state index contributed by atoms with van der Waals surface area (Å²) in [6, 6.07) is 10.9. The Morgan fingerprint density at radius 3 is 2.68 bits per heavy atom. The zero-order valence-corrected chi connectivity index (χ0v) is 14.1. The molecule has 0 saturated carbocycles. The molecule has 3 aromatic rings. The molecule has 5 heteroatoms. The average Bonchev–Trinajstić information content (AvgIpc) is 3.01. The van der Waals surface area contributed by atoms with Crippen molar-refractivity contribution < 1.29 is 14.7 Å².